The van der Waals surface area contributed by atoms with Crippen molar-refractivity contribution in [1.29, 1.82) is 0 Å². The predicted molar refractivity (Wildman–Crippen MR) is 129 cm³/mol. The third kappa shape index (κ3) is 6.42. The van der Waals surface area contributed by atoms with E-state index in [0.29, 0.717) is 17.2 Å². The Morgan fingerprint density at radius 2 is 1.82 bits per heavy atom. The van der Waals surface area contributed by atoms with Crippen molar-refractivity contribution in [3.8, 4) is 11.5 Å². The number of carbonyl (C=O) groups excluding carboxylic acids is 1. The summed E-state index contributed by atoms with van der Waals surface area (Å²) >= 11 is 0. The molecule has 0 aliphatic carbocycles. The lowest BCUT2D eigenvalue weighted by Crippen LogP contribution is -2.21. The highest BCUT2D eigenvalue weighted by Crippen LogP contribution is 2.28. The predicted octanol–water partition coefficient (Wildman–Crippen LogP) is 3.48. The Balaban J connectivity index is 1.62. The maximum absolute atomic E-state index is 12.4. The number of anilines is 2. The third-order valence-electron chi connectivity index (χ3n) is 4.74. The first-order valence-corrected chi connectivity index (χ1v) is 10.3. The van der Waals surface area contributed by atoms with Crippen LogP contribution >= 0.6 is 0 Å². The van der Waals surface area contributed by atoms with Gasteiger partial charge in [0.25, 0.3) is 11.5 Å². The Kier molecular flexibility index (Phi) is 7.45. The van der Waals surface area contributed by atoms with Crippen LogP contribution in [0.5, 0.6) is 11.5 Å². The first kappa shape index (κ1) is 23.5. The van der Waals surface area contributed by atoms with Crippen LogP contribution in [0.1, 0.15) is 27.9 Å². The van der Waals surface area contributed by atoms with Gasteiger partial charge in [-0.15, -0.1) is 0 Å². The number of hydrogen-bond donors (Lipinski definition) is 3. The van der Waals surface area contributed by atoms with Gasteiger partial charge in [0.05, 0.1) is 13.3 Å². The summed E-state index contributed by atoms with van der Waals surface area (Å²) < 4.78 is 11.1. The van der Waals surface area contributed by atoms with Crippen molar-refractivity contribution in [2.75, 3.05) is 24.5 Å². The Labute approximate surface area is 191 Å². The number of aromatic amines is 1. The lowest BCUT2D eigenvalue weighted by molar-refractivity contribution is -0.118. The van der Waals surface area contributed by atoms with Crippen molar-refractivity contribution >= 4 is 23.8 Å². The van der Waals surface area contributed by atoms with Crippen molar-refractivity contribution in [1.82, 2.24) is 9.97 Å². The third-order valence-corrected chi connectivity index (χ3v) is 4.74. The van der Waals surface area contributed by atoms with Gasteiger partial charge in [0.2, 0.25) is 5.95 Å². The number of benzene rings is 2. The fraction of sp³-hybridized carbons (Fsp3) is 0.250. The molecule has 0 aliphatic rings. The van der Waals surface area contributed by atoms with Gasteiger partial charge in [-0.2, -0.15) is 5.10 Å². The first-order chi connectivity index (χ1) is 15.7. The van der Waals surface area contributed by atoms with E-state index in [1.54, 1.807) is 31.3 Å². The van der Waals surface area contributed by atoms with E-state index in [4.69, 9.17) is 9.47 Å². The molecule has 3 N–H and O–H groups in total. The second kappa shape index (κ2) is 10.4. The molecule has 3 aromatic rings. The summed E-state index contributed by atoms with van der Waals surface area (Å²) in [6, 6.07) is 10.6. The summed E-state index contributed by atoms with van der Waals surface area (Å²) in [6.45, 7) is 7.50. The Morgan fingerprint density at radius 3 is 2.48 bits per heavy atom. The fourth-order valence-electron chi connectivity index (χ4n) is 3.38. The molecule has 0 fully saturated rings. The number of nitrogens with one attached hydrogen (secondary N) is 3. The summed E-state index contributed by atoms with van der Waals surface area (Å²) in [7, 11) is 1.52. The number of carbonyl (C=O) groups is 1. The minimum Gasteiger partial charge on any atom is -0.493 e. The lowest BCUT2D eigenvalue weighted by atomic mass is 10.1. The van der Waals surface area contributed by atoms with E-state index in [1.165, 1.54) is 13.2 Å². The quantitative estimate of drug-likeness (QED) is 0.358. The van der Waals surface area contributed by atoms with Gasteiger partial charge >= 0.3 is 0 Å². The first-order valence-electron chi connectivity index (χ1n) is 10.3. The molecule has 0 aliphatic heterocycles. The summed E-state index contributed by atoms with van der Waals surface area (Å²) in [4.78, 5) is 30.6. The maximum atomic E-state index is 12.4. The van der Waals surface area contributed by atoms with Gasteiger partial charge in [-0.25, -0.2) is 10.4 Å². The second-order valence-electron chi connectivity index (χ2n) is 7.63. The Morgan fingerprint density at radius 1 is 1.09 bits per heavy atom. The molecule has 0 atom stereocenters. The van der Waals surface area contributed by atoms with Crippen LogP contribution in [0.4, 0.5) is 11.6 Å². The highest BCUT2D eigenvalue weighted by atomic mass is 16.5. The number of amides is 1. The zero-order valence-corrected chi connectivity index (χ0v) is 19.3. The van der Waals surface area contributed by atoms with Crippen LogP contribution in [-0.4, -0.2) is 35.8 Å². The Hall–Kier alpha value is -4.14. The molecular formula is C24H27N5O4. The van der Waals surface area contributed by atoms with E-state index in [1.807, 2.05) is 32.9 Å². The van der Waals surface area contributed by atoms with Crippen LogP contribution in [0, 0.1) is 27.7 Å². The van der Waals surface area contributed by atoms with Crippen LogP contribution in [0.2, 0.25) is 0 Å². The molecule has 0 radical (unpaired) electrons. The van der Waals surface area contributed by atoms with Crippen molar-refractivity contribution in [2.24, 2.45) is 5.10 Å². The standard InChI is InChI=1S/C24H27N5O4/c1-14-8-15(2)23(16(3)9-14)27-22(31)13-33-19-7-6-18(11-20(19)32-5)12-25-29-24-26-17(4)10-21(30)28-24/h6-12H,13H2,1-5H3,(H,27,31)(H2,26,28,29,30). The van der Waals surface area contributed by atoms with Gasteiger partial charge in [-0.05, 0) is 62.6 Å². The summed E-state index contributed by atoms with van der Waals surface area (Å²) in [5, 5.41) is 6.99. The van der Waals surface area contributed by atoms with Gasteiger partial charge in [-0.1, -0.05) is 17.7 Å². The lowest BCUT2D eigenvalue weighted by Gasteiger charge is -2.14. The number of hydrogen-bond acceptors (Lipinski definition) is 7. The number of ether oxygens (including phenoxy) is 2. The van der Waals surface area contributed by atoms with Crippen LogP contribution in [-0.2, 0) is 4.79 Å². The van der Waals surface area contributed by atoms with E-state index in [9.17, 15) is 9.59 Å². The molecule has 0 unspecified atom stereocenters. The molecule has 0 saturated heterocycles. The number of hydrazone groups is 1. The van der Waals surface area contributed by atoms with E-state index in [0.717, 1.165) is 27.9 Å². The molecule has 1 amide bonds. The Bertz CT molecular complexity index is 1230. The molecule has 0 bridgehead atoms. The van der Waals surface area contributed by atoms with E-state index in [-0.39, 0.29) is 24.0 Å². The molecule has 1 aromatic heterocycles. The molecular weight excluding hydrogens is 422 g/mol. The minimum absolute atomic E-state index is 0.162. The molecule has 0 saturated carbocycles. The van der Waals surface area contributed by atoms with E-state index < -0.39 is 0 Å². The van der Waals surface area contributed by atoms with Crippen molar-refractivity contribution in [2.45, 2.75) is 27.7 Å². The number of nitrogens with zero attached hydrogens (tertiary/aromatic N) is 2. The van der Waals surface area contributed by atoms with Gasteiger partial charge in [0, 0.05) is 17.4 Å². The van der Waals surface area contributed by atoms with Crippen LogP contribution in [0.25, 0.3) is 0 Å². The van der Waals surface area contributed by atoms with Crippen molar-refractivity contribution in [3.63, 3.8) is 0 Å². The largest absolute Gasteiger partial charge is 0.493 e. The van der Waals surface area contributed by atoms with Gasteiger partial charge in [0.15, 0.2) is 18.1 Å². The average Bonchev–Trinajstić information content (AvgIpc) is 2.74. The fourth-order valence-corrected chi connectivity index (χ4v) is 3.38. The van der Waals surface area contributed by atoms with Crippen molar-refractivity contribution in [3.05, 3.63) is 74.7 Å². The van der Waals surface area contributed by atoms with E-state index in [2.05, 4.69) is 25.8 Å². The molecule has 2 aromatic carbocycles. The topological polar surface area (TPSA) is 118 Å². The normalized spacial score (nSPS) is 10.8. The monoisotopic (exact) mass is 449 g/mol. The maximum Gasteiger partial charge on any atom is 0.262 e. The molecule has 3 rings (SSSR count). The highest BCUT2D eigenvalue weighted by Gasteiger charge is 2.11. The molecule has 172 valence electrons. The highest BCUT2D eigenvalue weighted by molar-refractivity contribution is 5.93. The summed E-state index contributed by atoms with van der Waals surface area (Å²) in [6.07, 6.45) is 1.55. The number of methoxy groups -OCH3 is 1. The number of aryl methyl sites for hydroxylation is 4. The zero-order chi connectivity index (χ0) is 24.0. The van der Waals surface area contributed by atoms with E-state index >= 15 is 0 Å². The van der Waals surface area contributed by atoms with Gasteiger partial charge in [0.1, 0.15) is 0 Å². The SMILES string of the molecule is COc1cc(C=NNc2nc(C)cc(=O)[nH]2)ccc1OCC(=O)Nc1c(C)cc(C)cc1C. The zero-order valence-electron chi connectivity index (χ0n) is 19.3. The van der Waals surface area contributed by atoms with Crippen LogP contribution in [0.3, 0.4) is 0 Å². The number of rotatable bonds is 8. The molecule has 9 nitrogen and oxygen atoms in total. The molecule has 1 heterocycles. The van der Waals surface area contributed by atoms with Crippen LogP contribution < -0.4 is 25.8 Å². The molecule has 9 heteroatoms. The summed E-state index contributed by atoms with van der Waals surface area (Å²) in [5.74, 6) is 0.867. The summed E-state index contributed by atoms with van der Waals surface area (Å²) in [5.41, 5.74) is 7.66. The number of aromatic nitrogens is 2. The minimum atomic E-state index is -0.264. The number of H-pyrrole nitrogens is 1. The second-order valence-corrected chi connectivity index (χ2v) is 7.63. The van der Waals surface area contributed by atoms with Crippen LogP contribution in [0.15, 0.2) is 46.3 Å². The average molecular weight is 450 g/mol. The molecule has 0 spiro atoms. The van der Waals surface area contributed by atoms with Gasteiger partial charge < -0.3 is 14.8 Å². The van der Waals surface area contributed by atoms with Crippen molar-refractivity contribution < 1.29 is 14.3 Å². The van der Waals surface area contributed by atoms with Gasteiger partial charge in [-0.3, -0.25) is 14.6 Å². The molecule has 33 heavy (non-hydrogen) atoms. The smallest absolute Gasteiger partial charge is 0.262 e.